The highest BCUT2D eigenvalue weighted by Gasteiger charge is 2.26. The zero-order valence-electron chi connectivity index (χ0n) is 8.69. The van der Waals surface area contributed by atoms with Crippen LogP contribution in [0.5, 0.6) is 0 Å². The molecule has 0 spiro atoms. The van der Waals surface area contributed by atoms with E-state index in [9.17, 15) is 9.59 Å². The topological polar surface area (TPSA) is 66.6 Å². The second-order valence-electron chi connectivity index (χ2n) is 3.83. The standard InChI is InChI=1S/C9H17N3O2/c1-11(2)8(13)9(14)12-5-3-7(10)4-6-12/h7H,3-6,10H2,1-2H3. The van der Waals surface area contributed by atoms with Crippen LogP contribution in [0.1, 0.15) is 12.8 Å². The van der Waals surface area contributed by atoms with Gasteiger partial charge in [-0.15, -0.1) is 0 Å². The highest BCUT2D eigenvalue weighted by molar-refractivity contribution is 6.34. The number of nitrogens with zero attached hydrogens (tertiary/aromatic N) is 2. The van der Waals surface area contributed by atoms with Gasteiger partial charge in [0.15, 0.2) is 0 Å². The molecule has 0 atom stereocenters. The minimum Gasteiger partial charge on any atom is -0.341 e. The molecule has 1 heterocycles. The van der Waals surface area contributed by atoms with Crippen molar-refractivity contribution < 1.29 is 9.59 Å². The number of hydrogen-bond acceptors (Lipinski definition) is 3. The molecule has 1 saturated heterocycles. The van der Waals surface area contributed by atoms with Crippen molar-refractivity contribution in [1.82, 2.24) is 9.80 Å². The van der Waals surface area contributed by atoms with Crippen LogP contribution in [0.15, 0.2) is 0 Å². The summed E-state index contributed by atoms with van der Waals surface area (Å²) in [5.74, 6) is -0.873. The molecule has 0 radical (unpaired) electrons. The lowest BCUT2D eigenvalue weighted by molar-refractivity contribution is -0.150. The molecule has 0 unspecified atom stereocenters. The fourth-order valence-electron chi connectivity index (χ4n) is 1.43. The number of hydrogen-bond donors (Lipinski definition) is 1. The molecule has 2 N–H and O–H groups in total. The summed E-state index contributed by atoms with van der Waals surface area (Å²) in [5.41, 5.74) is 5.70. The average Bonchev–Trinajstić information content (AvgIpc) is 2.16. The maximum absolute atomic E-state index is 11.5. The van der Waals surface area contributed by atoms with Crippen molar-refractivity contribution in [3.63, 3.8) is 0 Å². The lowest BCUT2D eigenvalue weighted by atomic mass is 10.1. The number of amides is 2. The molecule has 5 nitrogen and oxygen atoms in total. The molecule has 0 aromatic heterocycles. The van der Waals surface area contributed by atoms with Crippen LogP contribution in [0, 0.1) is 0 Å². The Morgan fingerprint density at radius 3 is 2.21 bits per heavy atom. The van der Waals surface area contributed by atoms with E-state index in [2.05, 4.69) is 0 Å². The van der Waals surface area contributed by atoms with E-state index < -0.39 is 11.8 Å². The lowest BCUT2D eigenvalue weighted by Gasteiger charge is -2.30. The Balaban J connectivity index is 2.50. The number of likely N-dealkylation sites (N-methyl/N-ethyl adjacent to an activating group) is 1. The predicted octanol–water partition coefficient (Wildman–Crippen LogP) is -0.976. The summed E-state index contributed by atoms with van der Waals surface area (Å²) in [5, 5.41) is 0. The maximum Gasteiger partial charge on any atom is 0.312 e. The quantitative estimate of drug-likeness (QED) is 0.510. The third kappa shape index (κ3) is 2.45. The molecule has 1 aliphatic rings. The number of likely N-dealkylation sites (tertiary alicyclic amines) is 1. The highest BCUT2D eigenvalue weighted by atomic mass is 16.2. The van der Waals surface area contributed by atoms with E-state index in [1.54, 1.807) is 19.0 Å². The summed E-state index contributed by atoms with van der Waals surface area (Å²) in [7, 11) is 3.16. The van der Waals surface area contributed by atoms with Gasteiger partial charge in [0, 0.05) is 33.2 Å². The van der Waals surface area contributed by atoms with Gasteiger partial charge in [0.05, 0.1) is 0 Å². The second-order valence-corrected chi connectivity index (χ2v) is 3.83. The molecule has 14 heavy (non-hydrogen) atoms. The number of piperidine rings is 1. The van der Waals surface area contributed by atoms with Gasteiger partial charge in [-0.2, -0.15) is 0 Å². The Labute approximate surface area is 83.8 Å². The maximum atomic E-state index is 11.5. The van der Waals surface area contributed by atoms with Crippen molar-refractivity contribution in [3.8, 4) is 0 Å². The molecule has 5 heteroatoms. The summed E-state index contributed by atoms with van der Waals surface area (Å²) >= 11 is 0. The molecule has 1 aliphatic heterocycles. The van der Waals surface area contributed by atoms with E-state index in [0.717, 1.165) is 12.8 Å². The monoisotopic (exact) mass is 199 g/mol. The summed E-state index contributed by atoms with van der Waals surface area (Å²) in [6.45, 7) is 1.19. The molecule has 0 saturated carbocycles. The molecular formula is C9H17N3O2. The van der Waals surface area contributed by atoms with Crippen molar-refractivity contribution in [3.05, 3.63) is 0 Å². The molecule has 0 aromatic rings. The Morgan fingerprint density at radius 2 is 1.79 bits per heavy atom. The first kappa shape index (κ1) is 11.0. The van der Waals surface area contributed by atoms with Crippen LogP contribution in [0.3, 0.4) is 0 Å². The highest BCUT2D eigenvalue weighted by Crippen LogP contribution is 2.08. The summed E-state index contributed by atoms with van der Waals surface area (Å²) in [4.78, 5) is 25.7. The van der Waals surface area contributed by atoms with Crippen LogP contribution < -0.4 is 5.73 Å². The van der Waals surface area contributed by atoms with Gasteiger partial charge in [0.2, 0.25) is 0 Å². The fraction of sp³-hybridized carbons (Fsp3) is 0.778. The van der Waals surface area contributed by atoms with Gasteiger partial charge in [0.25, 0.3) is 0 Å². The molecule has 0 bridgehead atoms. The SMILES string of the molecule is CN(C)C(=O)C(=O)N1CCC(N)CC1. The first-order chi connectivity index (χ1) is 6.52. The normalized spacial score (nSPS) is 18.1. The van der Waals surface area contributed by atoms with Crippen molar-refractivity contribution >= 4 is 11.8 Å². The molecule has 2 amide bonds. The van der Waals surface area contributed by atoms with Crippen LogP contribution in [0.4, 0.5) is 0 Å². The third-order valence-corrected chi connectivity index (χ3v) is 2.42. The first-order valence-electron chi connectivity index (χ1n) is 4.78. The van der Waals surface area contributed by atoms with Crippen LogP contribution >= 0.6 is 0 Å². The van der Waals surface area contributed by atoms with Crippen LogP contribution in [0.25, 0.3) is 0 Å². The van der Waals surface area contributed by atoms with Gasteiger partial charge in [-0.1, -0.05) is 0 Å². The minimum absolute atomic E-state index is 0.175. The largest absolute Gasteiger partial charge is 0.341 e. The molecule has 1 rings (SSSR count). The van der Waals surface area contributed by atoms with Crippen LogP contribution in [-0.4, -0.2) is 54.8 Å². The van der Waals surface area contributed by atoms with E-state index >= 15 is 0 Å². The van der Waals surface area contributed by atoms with Gasteiger partial charge in [-0.3, -0.25) is 9.59 Å². The van der Waals surface area contributed by atoms with Gasteiger partial charge in [-0.25, -0.2) is 0 Å². The Kier molecular flexibility index (Phi) is 3.46. The Morgan fingerprint density at radius 1 is 1.29 bits per heavy atom. The van der Waals surface area contributed by atoms with Crippen molar-refractivity contribution in [2.75, 3.05) is 27.2 Å². The van der Waals surface area contributed by atoms with E-state index in [4.69, 9.17) is 5.73 Å². The third-order valence-electron chi connectivity index (χ3n) is 2.42. The molecular weight excluding hydrogens is 182 g/mol. The van der Waals surface area contributed by atoms with E-state index in [1.807, 2.05) is 0 Å². The fourth-order valence-corrected chi connectivity index (χ4v) is 1.43. The summed E-state index contributed by atoms with van der Waals surface area (Å²) in [6, 6.07) is 0.175. The van der Waals surface area contributed by atoms with Gasteiger partial charge in [0.1, 0.15) is 0 Å². The van der Waals surface area contributed by atoms with Gasteiger partial charge < -0.3 is 15.5 Å². The molecule has 80 valence electrons. The van der Waals surface area contributed by atoms with Gasteiger partial charge in [-0.05, 0) is 12.8 Å². The zero-order valence-corrected chi connectivity index (χ0v) is 8.69. The van der Waals surface area contributed by atoms with Crippen LogP contribution in [0.2, 0.25) is 0 Å². The number of rotatable bonds is 0. The lowest BCUT2D eigenvalue weighted by Crippen LogP contribution is -2.48. The number of carbonyl (C=O) groups is 2. The summed E-state index contributed by atoms with van der Waals surface area (Å²) < 4.78 is 0. The van der Waals surface area contributed by atoms with Crippen molar-refractivity contribution in [2.24, 2.45) is 5.73 Å². The van der Waals surface area contributed by atoms with Gasteiger partial charge >= 0.3 is 11.8 Å². The molecule has 1 fully saturated rings. The van der Waals surface area contributed by atoms with Crippen molar-refractivity contribution in [2.45, 2.75) is 18.9 Å². The second kappa shape index (κ2) is 4.41. The summed E-state index contributed by atoms with van der Waals surface area (Å²) in [6.07, 6.45) is 1.57. The van der Waals surface area contributed by atoms with Crippen molar-refractivity contribution in [1.29, 1.82) is 0 Å². The number of carbonyl (C=O) groups excluding carboxylic acids is 2. The van der Waals surface area contributed by atoms with E-state index in [0.29, 0.717) is 13.1 Å². The smallest absolute Gasteiger partial charge is 0.312 e. The Hall–Kier alpha value is -1.10. The van der Waals surface area contributed by atoms with E-state index in [1.165, 1.54) is 4.90 Å². The minimum atomic E-state index is -0.458. The predicted molar refractivity (Wildman–Crippen MR) is 52.5 cm³/mol. The number of nitrogens with two attached hydrogens (primary N) is 1. The molecule has 0 aromatic carbocycles. The zero-order chi connectivity index (χ0) is 10.7. The molecule has 0 aliphatic carbocycles. The average molecular weight is 199 g/mol. The van der Waals surface area contributed by atoms with Crippen LogP contribution in [-0.2, 0) is 9.59 Å². The first-order valence-corrected chi connectivity index (χ1v) is 4.78. The van der Waals surface area contributed by atoms with E-state index in [-0.39, 0.29) is 6.04 Å². The Bertz CT molecular complexity index is 232.